The Hall–Kier alpha value is -2.88. The molecule has 2 aliphatic rings. The molecule has 0 amide bonds. The summed E-state index contributed by atoms with van der Waals surface area (Å²) in [6, 6.07) is 3.10. The highest BCUT2D eigenvalue weighted by Gasteiger charge is 2.55. The summed E-state index contributed by atoms with van der Waals surface area (Å²) in [7, 11) is 0. The number of aromatic nitrogens is 4. The van der Waals surface area contributed by atoms with Crippen LogP contribution in [-0.2, 0) is 17.7 Å². The summed E-state index contributed by atoms with van der Waals surface area (Å²) < 4.78 is 51.4. The molecule has 2 fully saturated rings. The minimum atomic E-state index is -4.40. The molecule has 164 valence electrons. The first kappa shape index (κ1) is 20.0. The van der Waals surface area contributed by atoms with E-state index in [9.17, 15) is 18.0 Å². The van der Waals surface area contributed by atoms with Gasteiger partial charge in [0.1, 0.15) is 23.6 Å². The Kier molecular flexibility index (Phi) is 4.76. The number of fused-ring (bicyclic) bond motifs is 2. The average molecular weight is 434 g/mol. The molecule has 5 rings (SSSR count). The maximum atomic E-state index is 12.7. The van der Waals surface area contributed by atoms with Crippen LogP contribution < -0.4 is 4.74 Å². The summed E-state index contributed by atoms with van der Waals surface area (Å²) in [6.07, 6.45) is 0.497. The van der Waals surface area contributed by atoms with Crippen molar-refractivity contribution in [3.8, 4) is 5.75 Å². The second-order valence-corrected chi connectivity index (χ2v) is 8.03. The first-order valence-corrected chi connectivity index (χ1v) is 10.2. The van der Waals surface area contributed by atoms with Gasteiger partial charge in [-0.05, 0) is 24.8 Å². The number of nitrogens with zero attached hydrogens (tertiary/aromatic N) is 4. The minimum Gasteiger partial charge on any atom is -0.493 e. The maximum absolute atomic E-state index is 12.7. The van der Waals surface area contributed by atoms with E-state index in [0.717, 1.165) is 35.4 Å². The van der Waals surface area contributed by atoms with E-state index < -0.39 is 12.7 Å². The molecule has 1 aliphatic heterocycles. The smallest absolute Gasteiger partial charge is 0.408 e. The molecule has 0 spiro atoms. The maximum Gasteiger partial charge on any atom is 0.408 e. The number of hydrogen-bond donors (Lipinski definition) is 0. The van der Waals surface area contributed by atoms with Crippen molar-refractivity contribution in [1.82, 2.24) is 19.2 Å². The van der Waals surface area contributed by atoms with Crippen LogP contribution in [0.25, 0.3) is 5.65 Å². The van der Waals surface area contributed by atoms with E-state index in [2.05, 4.69) is 5.10 Å². The van der Waals surface area contributed by atoms with E-state index in [4.69, 9.17) is 14.5 Å². The number of ether oxygens (including phenoxy) is 2. The standard InChI is InChI=1S/C21H21F3N4O3/c1-2-31-18-6-19-25-16(20-13-9-30-10-14(13)20)8-27(19)7-12(18)5-17(29)15-3-4-28(26-15)11-21(22,23)24/h3-4,6-8,13-14,20H,2,5,9-11H2,1H3. The molecule has 0 N–H and O–H groups in total. The number of halogens is 3. The third-order valence-electron chi connectivity index (χ3n) is 5.86. The van der Waals surface area contributed by atoms with Crippen molar-refractivity contribution in [2.75, 3.05) is 19.8 Å². The highest BCUT2D eigenvalue weighted by atomic mass is 19.4. The second kappa shape index (κ2) is 7.37. The molecule has 0 bridgehead atoms. The van der Waals surface area contributed by atoms with Crippen molar-refractivity contribution < 1.29 is 27.4 Å². The molecule has 2 atom stereocenters. The molecule has 0 radical (unpaired) electrons. The topological polar surface area (TPSA) is 70.7 Å². The number of imidazole rings is 1. The normalized spacial score (nSPS) is 22.6. The first-order valence-electron chi connectivity index (χ1n) is 10.2. The Bertz CT molecular complexity index is 1130. The van der Waals surface area contributed by atoms with Crippen LogP contribution in [-0.4, -0.2) is 50.9 Å². The van der Waals surface area contributed by atoms with E-state index in [-0.39, 0.29) is 17.9 Å². The monoisotopic (exact) mass is 434 g/mol. The number of carbonyl (C=O) groups is 1. The largest absolute Gasteiger partial charge is 0.493 e. The molecule has 1 saturated heterocycles. The van der Waals surface area contributed by atoms with Crippen molar-refractivity contribution in [2.45, 2.75) is 32.0 Å². The average Bonchev–Trinajstić information content (AvgIpc) is 3.13. The van der Waals surface area contributed by atoms with Crippen LogP contribution in [0.1, 0.15) is 34.6 Å². The fraction of sp³-hybridized carbons (Fsp3) is 0.476. The number of alkyl halides is 3. The third-order valence-corrected chi connectivity index (χ3v) is 5.86. The lowest BCUT2D eigenvalue weighted by Gasteiger charge is -2.10. The Morgan fingerprint density at radius 3 is 2.77 bits per heavy atom. The number of rotatable bonds is 7. The number of pyridine rings is 1. The van der Waals surface area contributed by atoms with Gasteiger partial charge in [-0.15, -0.1) is 0 Å². The summed E-state index contributed by atoms with van der Waals surface area (Å²) in [6.45, 7) is 2.57. The zero-order chi connectivity index (χ0) is 21.8. The molecule has 3 aromatic rings. The quantitative estimate of drug-likeness (QED) is 0.534. The van der Waals surface area contributed by atoms with Gasteiger partial charge < -0.3 is 13.9 Å². The number of carbonyl (C=O) groups excluding carboxylic acids is 1. The molecule has 7 nitrogen and oxygen atoms in total. The minimum absolute atomic E-state index is 0.0103. The highest BCUT2D eigenvalue weighted by molar-refractivity contribution is 5.96. The summed E-state index contributed by atoms with van der Waals surface area (Å²) in [5.41, 5.74) is 2.36. The van der Waals surface area contributed by atoms with Gasteiger partial charge in [0.05, 0.1) is 25.5 Å². The first-order chi connectivity index (χ1) is 14.8. The van der Waals surface area contributed by atoms with Crippen LogP contribution in [0.2, 0.25) is 0 Å². The van der Waals surface area contributed by atoms with Crippen molar-refractivity contribution in [3.05, 3.63) is 47.7 Å². The Labute approximate surface area is 175 Å². The van der Waals surface area contributed by atoms with E-state index in [1.807, 2.05) is 17.5 Å². The van der Waals surface area contributed by atoms with Gasteiger partial charge in [0, 0.05) is 42.6 Å². The molecule has 2 unspecified atom stereocenters. The Balaban J connectivity index is 1.39. The van der Waals surface area contributed by atoms with E-state index in [1.54, 1.807) is 12.3 Å². The predicted octanol–water partition coefficient (Wildman–Crippen LogP) is 3.28. The Morgan fingerprint density at radius 1 is 1.29 bits per heavy atom. The SMILES string of the molecule is CCOc1cc2nc(C3C4COCC43)cn2cc1CC(=O)c1ccn(CC(F)(F)F)n1. The van der Waals surface area contributed by atoms with E-state index >= 15 is 0 Å². The number of ketones is 1. The second-order valence-electron chi connectivity index (χ2n) is 8.03. The zero-order valence-corrected chi connectivity index (χ0v) is 16.8. The summed E-state index contributed by atoms with van der Waals surface area (Å²) >= 11 is 0. The summed E-state index contributed by atoms with van der Waals surface area (Å²) in [5.74, 6) is 1.63. The van der Waals surface area contributed by atoms with Crippen molar-refractivity contribution in [2.24, 2.45) is 11.8 Å². The molecule has 31 heavy (non-hydrogen) atoms. The van der Waals surface area contributed by atoms with Gasteiger partial charge in [-0.25, -0.2) is 4.98 Å². The molecular weight excluding hydrogens is 413 g/mol. The molecule has 4 heterocycles. The van der Waals surface area contributed by atoms with E-state index in [1.165, 1.54) is 6.07 Å². The number of Topliss-reactive ketones (excluding diaryl/α,β-unsaturated/α-hetero) is 1. The van der Waals surface area contributed by atoms with E-state index in [0.29, 0.717) is 35.7 Å². The van der Waals surface area contributed by atoms with Gasteiger partial charge in [-0.1, -0.05) is 0 Å². The highest BCUT2D eigenvalue weighted by Crippen LogP contribution is 2.57. The van der Waals surface area contributed by atoms with Gasteiger partial charge in [-0.3, -0.25) is 9.48 Å². The molecular formula is C21H21F3N4O3. The lowest BCUT2D eigenvalue weighted by atomic mass is 10.1. The van der Waals surface area contributed by atoms with Gasteiger partial charge in [0.25, 0.3) is 0 Å². The van der Waals surface area contributed by atoms with Gasteiger partial charge in [0.15, 0.2) is 5.78 Å². The number of hydrogen-bond acceptors (Lipinski definition) is 5. The fourth-order valence-electron chi connectivity index (χ4n) is 4.39. The fourth-order valence-corrected chi connectivity index (χ4v) is 4.39. The van der Waals surface area contributed by atoms with Crippen LogP contribution in [0.4, 0.5) is 13.2 Å². The van der Waals surface area contributed by atoms with Gasteiger partial charge in [-0.2, -0.15) is 18.3 Å². The molecule has 10 heteroatoms. The van der Waals surface area contributed by atoms with Crippen molar-refractivity contribution in [3.63, 3.8) is 0 Å². The molecule has 1 aliphatic carbocycles. The van der Waals surface area contributed by atoms with Crippen LogP contribution in [0.3, 0.4) is 0 Å². The van der Waals surface area contributed by atoms with Crippen LogP contribution >= 0.6 is 0 Å². The molecule has 0 aromatic carbocycles. The van der Waals surface area contributed by atoms with Gasteiger partial charge in [0.2, 0.25) is 0 Å². The zero-order valence-electron chi connectivity index (χ0n) is 16.8. The van der Waals surface area contributed by atoms with Crippen LogP contribution in [0.5, 0.6) is 5.75 Å². The van der Waals surface area contributed by atoms with Crippen molar-refractivity contribution >= 4 is 11.4 Å². The Morgan fingerprint density at radius 2 is 2.06 bits per heavy atom. The van der Waals surface area contributed by atoms with Crippen LogP contribution in [0.15, 0.2) is 30.7 Å². The summed E-state index contributed by atoms with van der Waals surface area (Å²) in [4.78, 5) is 17.4. The molecule has 3 aromatic heterocycles. The van der Waals surface area contributed by atoms with Crippen LogP contribution in [0, 0.1) is 11.8 Å². The van der Waals surface area contributed by atoms with Gasteiger partial charge >= 0.3 is 6.18 Å². The summed E-state index contributed by atoms with van der Waals surface area (Å²) in [5, 5.41) is 3.77. The predicted molar refractivity (Wildman–Crippen MR) is 103 cm³/mol. The van der Waals surface area contributed by atoms with Crippen molar-refractivity contribution in [1.29, 1.82) is 0 Å². The lowest BCUT2D eigenvalue weighted by molar-refractivity contribution is -0.142. The lowest BCUT2D eigenvalue weighted by Crippen LogP contribution is -2.18. The molecule has 1 saturated carbocycles. The third kappa shape index (κ3) is 3.91.